The molecule has 2 rings (SSSR count). The van der Waals surface area contributed by atoms with Crippen molar-refractivity contribution in [2.75, 3.05) is 20.1 Å². The fourth-order valence-corrected chi connectivity index (χ4v) is 3.34. The summed E-state index contributed by atoms with van der Waals surface area (Å²) in [5.74, 6) is 0.145. The van der Waals surface area contributed by atoms with Crippen LogP contribution < -0.4 is 5.32 Å². The number of rotatable bonds is 5. The lowest BCUT2D eigenvalue weighted by Crippen LogP contribution is -2.43. The molecular formula is C14H20N2O2S. The highest BCUT2D eigenvalue weighted by atomic mass is 32.1. The number of nitrogens with one attached hydrogen (secondary N) is 1. The van der Waals surface area contributed by atoms with Crippen molar-refractivity contribution < 1.29 is 9.59 Å². The summed E-state index contributed by atoms with van der Waals surface area (Å²) in [5.41, 5.74) is 0. The van der Waals surface area contributed by atoms with Crippen LogP contribution in [-0.4, -0.2) is 42.8 Å². The summed E-state index contributed by atoms with van der Waals surface area (Å²) in [5, 5.41) is 2.67. The van der Waals surface area contributed by atoms with E-state index in [9.17, 15) is 9.59 Å². The van der Waals surface area contributed by atoms with Crippen LogP contribution in [0.15, 0.2) is 12.1 Å². The molecule has 0 spiro atoms. The largest absolute Gasteiger partial charge is 0.358 e. The molecule has 104 valence electrons. The van der Waals surface area contributed by atoms with Crippen LogP contribution in [0.25, 0.3) is 0 Å². The third-order valence-corrected chi connectivity index (χ3v) is 4.81. The average Bonchev–Trinajstić information content (AvgIpc) is 3.06. The molecular weight excluding hydrogens is 260 g/mol. The molecule has 0 bridgehead atoms. The minimum absolute atomic E-state index is 0.0192. The van der Waals surface area contributed by atoms with Crippen molar-refractivity contribution in [2.24, 2.45) is 0 Å². The van der Waals surface area contributed by atoms with Crippen LogP contribution in [-0.2, 0) is 11.2 Å². The van der Waals surface area contributed by atoms with E-state index in [1.165, 1.54) is 4.88 Å². The average molecular weight is 280 g/mol. The van der Waals surface area contributed by atoms with Crippen molar-refractivity contribution in [3.63, 3.8) is 0 Å². The number of hydrogen-bond donors (Lipinski definition) is 1. The van der Waals surface area contributed by atoms with Gasteiger partial charge in [0.1, 0.15) is 0 Å². The normalized spacial score (nSPS) is 19.6. The van der Waals surface area contributed by atoms with Crippen molar-refractivity contribution in [1.29, 1.82) is 0 Å². The van der Waals surface area contributed by atoms with Crippen LogP contribution in [0.2, 0.25) is 0 Å². The van der Waals surface area contributed by atoms with Crippen LogP contribution in [0.1, 0.15) is 34.3 Å². The van der Waals surface area contributed by atoms with Crippen LogP contribution >= 0.6 is 11.3 Å². The Morgan fingerprint density at radius 3 is 2.89 bits per heavy atom. The number of carbonyl (C=O) groups is 2. The van der Waals surface area contributed by atoms with Crippen LogP contribution in [0, 0.1) is 0 Å². The number of carbonyl (C=O) groups excluding carboxylic acids is 2. The second kappa shape index (κ2) is 6.30. The van der Waals surface area contributed by atoms with Gasteiger partial charge in [0, 0.05) is 11.9 Å². The molecule has 19 heavy (non-hydrogen) atoms. The lowest BCUT2D eigenvalue weighted by atomic mass is 10.2. The number of ketones is 1. The van der Waals surface area contributed by atoms with Gasteiger partial charge in [0.25, 0.3) is 0 Å². The van der Waals surface area contributed by atoms with Gasteiger partial charge in [0.05, 0.1) is 17.5 Å². The van der Waals surface area contributed by atoms with Gasteiger partial charge < -0.3 is 5.32 Å². The van der Waals surface area contributed by atoms with Crippen molar-refractivity contribution in [2.45, 2.75) is 32.2 Å². The summed E-state index contributed by atoms with van der Waals surface area (Å²) in [6.07, 6.45) is 2.79. The number of thiophene rings is 1. The predicted octanol–water partition coefficient (Wildman–Crippen LogP) is 1.70. The first-order valence-electron chi connectivity index (χ1n) is 6.73. The van der Waals surface area contributed by atoms with E-state index in [-0.39, 0.29) is 17.7 Å². The first-order chi connectivity index (χ1) is 9.15. The second-order valence-electron chi connectivity index (χ2n) is 4.79. The number of Topliss-reactive ketones (excluding diaryl/α,β-unsaturated/α-hetero) is 1. The minimum Gasteiger partial charge on any atom is -0.358 e. The molecule has 1 aromatic heterocycles. The van der Waals surface area contributed by atoms with Crippen molar-refractivity contribution in [3.8, 4) is 0 Å². The highest BCUT2D eigenvalue weighted by molar-refractivity contribution is 7.14. The Balaban J connectivity index is 2.00. The van der Waals surface area contributed by atoms with E-state index in [0.29, 0.717) is 6.54 Å². The molecule has 1 atom stereocenters. The molecule has 0 aliphatic carbocycles. The monoisotopic (exact) mass is 280 g/mol. The van der Waals surface area contributed by atoms with Gasteiger partial charge in [-0.2, -0.15) is 0 Å². The summed E-state index contributed by atoms with van der Waals surface area (Å²) in [4.78, 5) is 28.0. The molecule has 5 heteroatoms. The Labute approximate surface area is 117 Å². The zero-order chi connectivity index (χ0) is 13.8. The molecule has 0 aromatic carbocycles. The molecule has 1 N–H and O–H groups in total. The van der Waals surface area contributed by atoms with E-state index in [0.717, 1.165) is 30.7 Å². The summed E-state index contributed by atoms with van der Waals surface area (Å²) in [7, 11) is 1.65. The molecule has 1 amide bonds. The fraction of sp³-hybridized carbons (Fsp3) is 0.571. The summed E-state index contributed by atoms with van der Waals surface area (Å²) in [6.45, 7) is 3.26. The fourth-order valence-electron chi connectivity index (χ4n) is 2.46. The molecule has 1 fully saturated rings. The number of aryl methyl sites for hydroxylation is 1. The van der Waals surface area contributed by atoms with Crippen molar-refractivity contribution in [3.05, 3.63) is 21.9 Å². The number of nitrogens with zero attached hydrogens (tertiary/aromatic N) is 1. The van der Waals surface area contributed by atoms with Gasteiger partial charge in [-0.1, -0.05) is 6.92 Å². The molecule has 0 saturated carbocycles. The standard InChI is InChI=1S/C14H20N2O2S/c1-3-10-6-7-13(19-10)12(17)9-16-8-4-5-11(16)14(18)15-2/h6-7,11H,3-5,8-9H2,1-2H3,(H,15,18). The maximum Gasteiger partial charge on any atom is 0.237 e. The van der Waals surface area contributed by atoms with E-state index in [2.05, 4.69) is 12.2 Å². The zero-order valence-electron chi connectivity index (χ0n) is 11.4. The van der Waals surface area contributed by atoms with Crippen molar-refractivity contribution in [1.82, 2.24) is 10.2 Å². The smallest absolute Gasteiger partial charge is 0.237 e. The Morgan fingerprint density at radius 2 is 2.26 bits per heavy atom. The van der Waals surface area contributed by atoms with E-state index < -0.39 is 0 Å². The van der Waals surface area contributed by atoms with Gasteiger partial charge in [-0.05, 0) is 37.9 Å². The molecule has 1 aliphatic rings. The quantitative estimate of drug-likeness (QED) is 0.835. The van der Waals surface area contributed by atoms with Crippen molar-refractivity contribution >= 4 is 23.0 Å². The van der Waals surface area contributed by atoms with Gasteiger partial charge in [-0.25, -0.2) is 0 Å². The molecule has 1 aliphatic heterocycles. The van der Waals surface area contributed by atoms with Crippen LogP contribution in [0.5, 0.6) is 0 Å². The van der Waals surface area contributed by atoms with Crippen LogP contribution in [0.4, 0.5) is 0 Å². The van der Waals surface area contributed by atoms with E-state index in [1.807, 2.05) is 17.0 Å². The number of likely N-dealkylation sites (tertiary alicyclic amines) is 1. The topological polar surface area (TPSA) is 49.4 Å². The maximum absolute atomic E-state index is 12.2. The summed E-state index contributed by atoms with van der Waals surface area (Å²) in [6, 6.07) is 3.77. The predicted molar refractivity (Wildman–Crippen MR) is 76.7 cm³/mol. The van der Waals surface area contributed by atoms with E-state index in [1.54, 1.807) is 18.4 Å². The maximum atomic E-state index is 12.2. The summed E-state index contributed by atoms with van der Waals surface area (Å²) >= 11 is 1.56. The van der Waals surface area contributed by atoms with Gasteiger partial charge in [-0.15, -0.1) is 11.3 Å². The minimum atomic E-state index is -0.139. The lowest BCUT2D eigenvalue weighted by molar-refractivity contribution is -0.124. The molecule has 1 unspecified atom stereocenters. The first kappa shape index (κ1) is 14.2. The zero-order valence-corrected chi connectivity index (χ0v) is 12.3. The lowest BCUT2D eigenvalue weighted by Gasteiger charge is -2.21. The number of likely N-dealkylation sites (N-methyl/N-ethyl adjacent to an activating group) is 1. The SMILES string of the molecule is CCc1ccc(C(=O)CN2CCCC2C(=O)NC)s1. The Kier molecular flexibility index (Phi) is 4.71. The van der Waals surface area contributed by atoms with Crippen LogP contribution in [0.3, 0.4) is 0 Å². The highest BCUT2D eigenvalue weighted by Gasteiger charge is 2.31. The number of amides is 1. The number of hydrogen-bond acceptors (Lipinski definition) is 4. The molecule has 0 radical (unpaired) electrons. The van der Waals surface area contributed by atoms with Gasteiger partial charge in [0.2, 0.25) is 5.91 Å². The molecule has 4 nitrogen and oxygen atoms in total. The third-order valence-electron chi connectivity index (χ3n) is 3.54. The van der Waals surface area contributed by atoms with Gasteiger partial charge >= 0.3 is 0 Å². The summed E-state index contributed by atoms with van der Waals surface area (Å²) < 4.78 is 0. The van der Waals surface area contributed by atoms with E-state index in [4.69, 9.17) is 0 Å². The second-order valence-corrected chi connectivity index (χ2v) is 5.95. The molecule has 1 aromatic rings. The first-order valence-corrected chi connectivity index (χ1v) is 7.55. The Hall–Kier alpha value is -1.20. The Morgan fingerprint density at radius 1 is 1.47 bits per heavy atom. The molecule has 2 heterocycles. The van der Waals surface area contributed by atoms with Gasteiger partial charge in [0.15, 0.2) is 5.78 Å². The third kappa shape index (κ3) is 3.22. The highest BCUT2D eigenvalue weighted by Crippen LogP contribution is 2.21. The Bertz CT molecular complexity index is 470. The molecule has 1 saturated heterocycles. The van der Waals surface area contributed by atoms with Gasteiger partial charge in [-0.3, -0.25) is 14.5 Å². The van der Waals surface area contributed by atoms with E-state index >= 15 is 0 Å².